The number of methoxy groups -OCH3 is 1. The van der Waals surface area contributed by atoms with Gasteiger partial charge in [0.25, 0.3) is 5.91 Å². The minimum absolute atomic E-state index is 0.0385. The molecular weight excluding hydrogens is 725 g/mol. The molecule has 1 amide bonds. The Balaban J connectivity index is 1.39. The lowest BCUT2D eigenvalue weighted by Crippen LogP contribution is -2.55. The summed E-state index contributed by atoms with van der Waals surface area (Å²) >= 11 is 2.12. The predicted octanol–water partition coefficient (Wildman–Crippen LogP) is 3.10. The van der Waals surface area contributed by atoms with Gasteiger partial charge in [-0.2, -0.15) is 0 Å². The number of carbonyl (C=O) groups excluding carboxylic acids is 4. The Labute approximate surface area is 282 Å². The van der Waals surface area contributed by atoms with Gasteiger partial charge in [-0.25, -0.2) is 0 Å². The van der Waals surface area contributed by atoms with Crippen molar-refractivity contribution in [3.05, 3.63) is 85.0 Å². The maximum atomic E-state index is 13.8. The number of rotatable bonds is 6. The Morgan fingerprint density at radius 3 is 2.36 bits per heavy atom. The van der Waals surface area contributed by atoms with Crippen LogP contribution in [0.2, 0.25) is 0 Å². The van der Waals surface area contributed by atoms with Crippen LogP contribution >= 0.6 is 22.6 Å². The molecule has 0 saturated carbocycles. The van der Waals surface area contributed by atoms with Gasteiger partial charge in [-0.05, 0) is 66.8 Å². The predicted molar refractivity (Wildman–Crippen MR) is 173 cm³/mol. The first kappa shape index (κ1) is 33.0. The van der Waals surface area contributed by atoms with Crippen LogP contribution in [0.3, 0.4) is 0 Å². The van der Waals surface area contributed by atoms with Gasteiger partial charge in [-0.1, -0.05) is 12.1 Å². The number of fused-ring (bicyclic) bond motifs is 3. The number of nitrogens with one attached hydrogen (secondary N) is 1. The summed E-state index contributed by atoms with van der Waals surface area (Å²) in [6.07, 6.45) is -5.33. The molecule has 1 heterocycles. The lowest BCUT2D eigenvalue weighted by atomic mass is 9.72. The van der Waals surface area contributed by atoms with Crippen molar-refractivity contribution in [1.82, 2.24) is 5.32 Å². The molecule has 1 fully saturated rings. The normalized spacial score (nSPS) is 26.6. The van der Waals surface area contributed by atoms with Crippen molar-refractivity contribution in [2.75, 3.05) is 7.11 Å². The third-order valence-electron chi connectivity index (χ3n) is 9.18. The molecule has 6 rings (SSSR count). The highest BCUT2D eigenvalue weighted by Gasteiger charge is 2.49. The zero-order valence-electron chi connectivity index (χ0n) is 25.6. The fourth-order valence-corrected chi connectivity index (χ4v) is 6.98. The lowest BCUT2D eigenvalue weighted by molar-refractivity contribution is -0.248. The Morgan fingerprint density at radius 2 is 1.70 bits per heavy atom. The Bertz CT molecular complexity index is 1820. The average molecular weight is 758 g/mol. The largest absolute Gasteiger partial charge is 0.507 e. The molecule has 13 heteroatoms. The molecule has 0 spiro atoms. The molecule has 6 atom stereocenters. The molecule has 0 aromatic heterocycles. The zero-order chi connectivity index (χ0) is 33.9. The number of hydrogen-bond acceptors (Lipinski definition) is 11. The number of aliphatic hydroxyl groups is 2. The van der Waals surface area contributed by atoms with Crippen molar-refractivity contribution in [3.8, 4) is 17.2 Å². The van der Waals surface area contributed by atoms with Crippen LogP contribution in [0.15, 0.2) is 42.5 Å². The van der Waals surface area contributed by atoms with E-state index >= 15 is 0 Å². The van der Waals surface area contributed by atoms with Crippen molar-refractivity contribution in [1.29, 1.82) is 0 Å². The highest BCUT2D eigenvalue weighted by Crippen LogP contribution is 2.52. The number of phenols is 2. The zero-order valence-corrected chi connectivity index (χ0v) is 27.7. The van der Waals surface area contributed by atoms with Gasteiger partial charge >= 0.3 is 0 Å². The van der Waals surface area contributed by atoms with E-state index in [0.29, 0.717) is 5.56 Å². The molecule has 5 N–H and O–H groups in total. The molecule has 1 saturated heterocycles. The molecule has 0 bridgehead atoms. The van der Waals surface area contributed by atoms with E-state index in [4.69, 9.17) is 14.2 Å². The van der Waals surface area contributed by atoms with Gasteiger partial charge in [-0.15, -0.1) is 0 Å². The van der Waals surface area contributed by atoms with Gasteiger partial charge in [0.05, 0.1) is 42.0 Å². The SMILES string of the molecule is COc1cccc2c1C(=O)c1c(O)c3c(c(O)c1C2=O)C[C@@](O)(C(C)=O)C[C@@H]3O[C@H]1C[C@H](NC(=O)c2ccc(I)cc2)[C@H](O)[C@H](C)O1. The highest BCUT2D eigenvalue weighted by atomic mass is 127. The summed E-state index contributed by atoms with van der Waals surface area (Å²) in [5.41, 5.74) is -2.95. The summed E-state index contributed by atoms with van der Waals surface area (Å²) in [7, 11) is 1.33. The van der Waals surface area contributed by atoms with Crippen LogP contribution in [0.1, 0.15) is 86.1 Å². The van der Waals surface area contributed by atoms with Crippen LogP contribution in [0.4, 0.5) is 0 Å². The summed E-state index contributed by atoms with van der Waals surface area (Å²) in [5.74, 6) is -3.80. The number of aliphatic hydroxyl groups excluding tert-OH is 1. The molecule has 2 aliphatic carbocycles. The molecular formula is C34H32INO11. The number of benzene rings is 3. The van der Waals surface area contributed by atoms with Crippen molar-refractivity contribution < 1.29 is 53.8 Å². The first-order valence-corrected chi connectivity index (χ1v) is 16.0. The molecule has 246 valence electrons. The second kappa shape index (κ2) is 12.3. The third kappa shape index (κ3) is 5.59. The minimum Gasteiger partial charge on any atom is -0.507 e. The standard InChI is InChI=1S/C34H32INO11/c1-14-28(38)20(36-33(43)16-7-9-17(35)10-8-16)11-23(46-14)47-22-13-34(44,15(2)37)12-19-25(22)32(42)27-26(30(19)40)29(39)18-5-4-6-21(45-3)24(18)31(27)41/h4-10,14,20,22-23,28,38,40,42,44H,11-13H2,1-3H3,(H,36,43)/t14-,20-,22-,23-,28+,34-/m0/s1. The summed E-state index contributed by atoms with van der Waals surface area (Å²) in [4.78, 5) is 53.2. The topological polar surface area (TPSA) is 189 Å². The van der Waals surface area contributed by atoms with E-state index in [9.17, 15) is 39.6 Å². The molecule has 3 aliphatic rings. The summed E-state index contributed by atoms with van der Waals surface area (Å²) in [5, 5.41) is 48.3. The van der Waals surface area contributed by atoms with Crippen LogP contribution in [-0.4, -0.2) is 80.9 Å². The van der Waals surface area contributed by atoms with E-state index in [-0.39, 0.29) is 40.8 Å². The molecule has 3 aromatic rings. The lowest BCUT2D eigenvalue weighted by Gasteiger charge is -2.42. The van der Waals surface area contributed by atoms with Crippen molar-refractivity contribution >= 4 is 45.8 Å². The van der Waals surface area contributed by atoms with Gasteiger partial charge in [0.15, 0.2) is 17.9 Å². The van der Waals surface area contributed by atoms with E-state index in [1.165, 1.54) is 32.2 Å². The average Bonchev–Trinajstić information content (AvgIpc) is 3.03. The molecule has 0 radical (unpaired) electrons. The van der Waals surface area contributed by atoms with Crippen molar-refractivity contribution in [3.63, 3.8) is 0 Å². The van der Waals surface area contributed by atoms with Gasteiger partial charge in [0, 0.05) is 45.1 Å². The number of halogens is 1. The molecule has 3 aromatic carbocycles. The second-order valence-corrected chi connectivity index (χ2v) is 13.3. The van der Waals surface area contributed by atoms with Crippen LogP contribution in [0.25, 0.3) is 0 Å². The maximum Gasteiger partial charge on any atom is 0.251 e. The summed E-state index contributed by atoms with van der Waals surface area (Å²) in [6, 6.07) is 10.4. The fraction of sp³-hybridized carbons (Fsp3) is 0.353. The molecule has 1 aliphatic heterocycles. The summed E-state index contributed by atoms with van der Waals surface area (Å²) < 4.78 is 18.4. The van der Waals surface area contributed by atoms with Gasteiger partial charge < -0.3 is 40.0 Å². The highest BCUT2D eigenvalue weighted by molar-refractivity contribution is 14.1. The van der Waals surface area contributed by atoms with Crippen LogP contribution < -0.4 is 10.1 Å². The van der Waals surface area contributed by atoms with Crippen LogP contribution in [0, 0.1) is 3.57 Å². The maximum absolute atomic E-state index is 13.8. The molecule has 0 unspecified atom stereocenters. The Kier molecular flexibility index (Phi) is 8.63. The number of carbonyl (C=O) groups is 4. The quantitative estimate of drug-likeness (QED) is 0.144. The second-order valence-electron chi connectivity index (χ2n) is 12.1. The number of Topliss-reactive ketones (excluding diaryl/α,β-unsaturated/α-hetero) is 1. The number of phenolic OH excluding ortho intramolecular Hbond substituents is 2. The van der Waals surface area contributed by atoms with E-state index < -0.39 is 88.5 Å². The molecule has 47 heavy (non-hydrogen) atoms. The Morgan fingerprint density at radius 1 is 1.02 bits per heavy atom. The van der Waals surface area contributed by atoms with E-state index in [2.05, 4.69) is 27.9 Å². The third-order valence-corrected chi connectivity index (χ3v) is 9.90. The number of hydrogen-bond donors (Lipinski definition) is 5. The number of ketones is 3. The van der Waals surface area contributed by atoms with Crippen LogP contribution in [0.5, 0.6) is 17.2 Å². The Hall–Kier alpha value is -3.89. The van der Waals surface area contributed by atoms with Gasteiger partial charge in [-0.3, -0.25) is 19.2 Å². The van der Waals surface area contributed by atoms with Crippen molar-refractivity contribution in [2.45, 2.75) is 69.4 Å². The van der Waals surface area contributed by atoms with E-state index in [0.717, 1.165) is 3.57 Å². The number of ether oxygens (including phenoxy) is 3. The smallest absolute Gasteiger partial charge is 0.251 e. The first-order chi connectivity index (χ1) is 22.2. The number of aromatic hydroxyl groups is 2. The van der Waals surface area contributed by atoms with Gasteiger partial charge in [0.1, 0.15) is 29.0 Å². The number of amides is 1. The monoisotopic (exact) mass is 757 g/mol. The van der Waals surface area contributed by atoms with Crippen molar-refractivity contribution in [2.24, 2.45) is 0 Å². The molecule has 12 nitrogen and oxygen atoms in total. The summed E-state index contributed by atoms with van der Waals surface area (Å²) in [6.45, 7) is 2.75. The van der Waals surface area contributed by atoms with Crippen LogP contribution in [-0.2, 0) is 20.7 Å². The van der Waals surface area contributed by atoms with E-state index in [1.807, 2.05) is 0 Å². The van der Waals surface area contributed by atoms with Gasteiger partial charge in [0.2, 0.25) is 5.78 Å². The first-order valence-electron chi connectivity index (χ1n) is 14.9. The minimum atomic E-state index is -2.07. The van der Waals surface area contributed by atoms with E-state index in [1.54, 1.807) is 31.2 Å². The fourth-order valence-electron chi connectivity index (χ4n) is 6.62.